The Morgan fingerprint density at radius 2 is 1.71 bits per heavy atom. The lowest BCUT2D eigenvalue weighted by atomic mass is 10.0. The first kappa shape index (κ1) is 17.9. The fraction of sp³-hybridized carbons (Fsp3) is 0.263. The second-order valence-corrected chi connectivity index (χ2v) is 6.17. The summed E-state index contributed by atoms with van der Waals surface area (Å²) in [6.45, 7) is 4.77. The van der Waals surface area contributed by atoms with Crippen molar-refractivity contribution in [3.05, 3.63) is 65.2 Å². The summed E-state index contributed by atoms with van der Waals surface area (Å²) < 4.78 is 5.12. The number of methoxy groups -OCH3 is 1. The topological polar surface area (TPSA) is 50.4 Å². The molecule has 0 bridgehead atoms. The summed E-state index contributed by atoms with van der Waals surface area (Å²) in [5.74, 6) is 1.03. The van der Waals surface area contributed by atoms with Gasteiger partial charge in [-0.3, -0.25) is 10.1 Å². The Balaban J connectivity index is 1.85. The van der Waals surface area contributed by atoms with E-state index in [-0.39, 0.29) is 5.91 Å². The smallest absolute Gasteiger partial charge is 0.257 e. The van der Waals surface area contributed by atoms with Crippen molar-refractivity contribution in [2.24, 2.45) is 0 Å². The minimum atomic E-state index is -0.211. The lowest BCUT2D eigenvalue weighted by Crippen LogP contribution is -2.38. The minimum Gasteiger partial charge on any atom is -0.497 e. The van der Waals surface area contributed by atoms with Crippen molar-refractivity contribution >= 4 is 23.2 Å². The molecule has 0 aliphatic heterocycles. The molecule has 1 amide bonds. The predicted octanol–water partition coefficient (Wildman–Crippen LogP) is 3.62. The zero-order chi connectivity index (χ0) is 17.5. The monoisotopic (exact) mass is 342 g/mol. The van der Waals surface area contributed by atoms with Crippen molar-refractivity contribution in [1.82, 2.24) is 10.6 Å². The molecule has 2 aromatic carbocycles. The first-order valence-electron chi connectivity index (χ1n) is 7.81. The summed E-state index contributed by atoms with van der Waals surface area (Å²) in [6, 6.07) is 15.2. The number of rotatable bonds is 5. The third-order valence-electron chi connectivity index (χ3n) is 3.68. The second-order valence-electron chi connectivity index (χ2n) is 5.76. The van der Waals surface area contributed by atoms with E-state index in [0.29, 0.717) is 23.1 Å². The Morgan fingerprint density at radius 1 is 1.08 bits per heavy atom. The van der Waals surface area contributed by atoms with Crippen molar-refractivity contribution < 1.29 is 9.53 Å². The summed E-state index contributed by atoms with van der Waals surface area (Å²) in [4.78, 5) is 12.2. The number of ether oxygens (including phenoxy) is 1. The van der Waals surface area contributed by atoms with Crippen LogP contribution < -0.4 is 15.4 Å². The molecule has 0 aromatic heterocycles. The van der Waals surface area contributed by atoms with Crippen LogP contribution in [-0.2, 0) is 6.54 Å². The average molecular weight is 342 g/mol. The van der Waals surface area contributed by atoms with E-state index >= 15 is 0 Å². The van der Waals surface area contributed by atoms with Gasteiger partial charge >= 0.3 is 0 Å². The van der Waals surface area contributed by atoms with Crippen LogP contribution in [0.1, 0.15) is 41.3 Å². The van der Waals surface area contributed by atoms with Crippen LogP contribution in [0.2, 0.25) is 0 Å². The average Bonchev–Trinajstić information content (AvgIpc) is 2.60. The van der Waals surface area contributed by atoms with Gasteiger partial charge in [0.15, 0.2) is 5.11 Å². The van der Waals surface area contributed by atoms with E-state index in [1.807, 2.05) is 48.5 Å². The summed E-state index contributed by atoms with van der Waals surface area (Å²) in [5.41, 5.74) is 2.84. The molecule has 0 radical (unpaired) electrons. The number of benzene rings is 2. The van der Waals surface area contributed by atoms with Gasteiger partial charge in [-0.1, -0.05) is 38.1 Å². The first-order chi connectivity index (χ1) is 11.5. The van der Waals surface area contributed by atoms with Crippen molar-refractivity contribution in [2.75, 3.05) is 7.11 Å². The molecule has 0 fully saturated rings. The number of hydrogen-bond acceptors (Lipinski definition) is 3. The maximum Gasteiger partial charge on any atom is 0.257 e. The van der Waals surface area contributed by atoms with Gasteiger partial charge in [-0.15, -0.1) is 0 Å². The van der Waals surface area contributed by atoms with Gasteiger partial charge in [-0.2, -0.15) is 0 Å². The van der Waals surface area contributed by atoms with Crippen molar-refractivity contribution in [3.8, 4) is 5.75 Å². The van der Waals surface area contributed by atoms with E-state index in [9.17, 15) is 4.79 Å². The van der Waals surface area contributed by atoms with Crippen LogP contribution in [0.25, 0.3) is 0 Å². The molecule has 2 aromatic rings. The fourth-order valence-corrected chi connectivity index (χ4v) is 2.33. The van der Waals surface area contributed by atoms with Gasteiger partial charge in [0.2, 0.25) is 0 Å². The Bertz CT molecular complexity index is 694. The largest absolute Gasteiger partial charge is 0.497 e. The van der Waals surface area contributed by atoms with Gasteiger partial charge < -0.3 is 10.1 Å². The molecule has 5 heteroatoms. The molecule has 0 aliphatic carbocycles. The molecule has 0 unspecified atom stereocenters. The van der Waals surface area contributed by atoms with E-state index in [1.165, 1.54) is 5.56 Å². The van der Waals surface area contributed by atoms with Gasteiger partial charge in [0.05, 0.1) is 7.11 Å². The Kier molecular flexibility index (Phi) is 6.32. The van der Waals surface area contributed by atoms with Gasteiger partial charge in [-0.25, -0.2) is 0 Å². The molecule has 2 N–H and O–H groups in total. The SMILES string of the molecule is COc1ccc(CNC(=S)NC(=O)c2ccc(C(C)C)cc2)cc1. The molecule has 0 heterocycles. The van der Waals surface area contributed by atoms with E-state index in [2.05, 4.69) is 24.5 Å². The van der Waals surface area contributed by atoms with E-state index in [0.717, 1.165) is 11.3 Å². The van der Waals surface area contributed by atoms with Crippen molar-refractivity contribution in [3.63, 3.8) is 0 Å². The molecule has 4 nitrogen and oxygen atoms in total. The van der Waals surface area contributed by atoms with Crippen molar-refractivity contribution in [1.29, 1.82) is 0 Å². The van der Waals surface area contributed by atoms with Gasteiger partial charge in [-0.05, 0) is 53.5 Å². The van der Waals surface area contributed by atoms with Crippen LogP contribution >= 0.6 is 12.2 Å². The normalized spacial score (nSPS) is 10.3. The van der Waals surface area contributed by atoms with Gasteiger partial charge in [0, 0.05) is 12.1 Å². The Labute approximate surface area is 148 Å². The predicted molar refractivity (Wildman–Crippen MR) is 100 cm³/mol. The molecular weight excluding hydrogens is 320 g/mol. The van der Waals surface area contributed by atoms with Crippen LogP contribution in [0.3, 0.4) is 0 Å². The van der Waals surface area contributed by atoms with Gasteiger partial charge in [0.1, 0.15) is 5.75 Å². The second kappa shape index (κ2) is 8.45. The molecule has 126 valence electrons. The molecule has 0 saturated carbocycles. The number of thiocarbonyl (C=S) groups is 1. The fourth-order valence-electron chi connectivity index (χ4n) is 2.16. The Hall–Kier alpha value is -2.40. The molecule has 24 heavy (non-hydrogen) atoms. The number of amides is 1. The summed E-state index contributed by atoms with van der Waals surface area (Å²) in [6.07, 6.45) is 0. The molecule has 0 aliphatic rings. The van der Waals surface area contributed by atoms with Gasteiger partial charge in [0.25, 0.3) is 5.91 Å². The third-order valence-corrected chi connectivity index (χ3v) is 3.93. The molecule has 0 atom stereocenters. The highest BCUT2D eigenvalue weighted by molar-refractivity contribution is 7.80. The quantitative estimate of drug-likeness (QED) is 0.815. The van der Waals surface area contributed by atoms with E-state index in [1.54, 1.807) is 7.11 Å². The highest BCUT2D eigenvalue weighted by Crippen LogP contribution is 2.14. The third kappa shape index (κ3) is 5.06. The van der Waals surface area contributed by atoms with Crippen LogP contribution in [0.4, 0.5) is 0 Å². The maximum absolute atomic E-state index is 12.2. The van der Waals surface area contributed by atoms with E-state index < -0.39 is 0 Å². The molecule has 0 saturated heterocycles. The molecule has 0 spiro atoms. The maximum atomic E-state index is 12.2. The summed E-state index contributed by atoms with van der Waals surface area (Å²) in [5, 5.41) is 6.03. The first-order valence-corrected chi connectivity index (χ1v) is 8.22. The van der Waals surface area contributed by atoms with E-state index in [4.69, 9.17) is 17.0 Å². The number of nitrogens with one attached hydrogen (secondary N) is 2. The zero-order valence-electron chi connectivity index (χ0n) is 14.1. The van der Waals surface area contributed by atoms with Crippen LogP contribution in [0, 0.1) is 0 Å². The number of hydrogen-bond donors (Lipinski definition) is 2. The Morgan fingerprint density at radius 3 is 2.25 bits per heavy atom. The summed E-state index contributed by atoms with van der Waals surface area (Å²) >= 11 is 5.18. The highest BCUT2D eigenvalue weighted by Gasteiger charge is 2.08. The zero-order valence-corrected chi connectivity index (χ0v) is 14.9. The summed E-state index contributed by atoms with van der Waals surface area (Å²) in [7, 11) is 1.63. The molecular formula is C19H22N2O2S. The highest BCUT2D eigenvalue weighted by atomic mass is 32.1. The lowest BCUT2D eigenvalue weighted by Gasteiger charge is -2.11. The minimum absolute atomic E-state index is 0.211. The number of carbonyl (C=O) groups excluding carboxylic acids is 1. The van der Waals surface area contributed by atoms with Crippen LogP contribution in [-0.4, -0.2) is 18.1 Å². The lowest BCUT2D eigenvalue weighted by molar-refractivity contribution is 0.0976. The van der Waals surface area contributed by atoms with Crippen LogP contribution in [0.15, 0.2) is 48.5 Å². The number of carbonyl (C=O) groups is 1. The molecule has 2 rings (SSSR count). The standard InChI is InChI=1S/C19H22N2O2S/c1-13(2)15-6-8-16(9-7-15)18(22)21-19(24)20-12-14-4-10-17(23-3)11-5-14/h4-11,13H,12H2,1-3H3,(H2,20,21,22,24). The van der Waals surface area contributed by atoms with Crippen molar-refractivity contribution in [2.45, 2.75) is 26.3 Å². The van der Waals surface area contributed by atoms with Crippen LogP contribution in [0.5, 0.6) is 5.75 Å².